The van der Waals surface area contributed by atoms with Crippen LogP contribution in [0.1, 0.15) is 50.3 Å². The summed E-state index contributed by atoms with van der Waals surface area (Å²) < 4.78 is 6.00. The monoisotopic (exact) mass is 484 g/mol. The van der Waals surface area contributed by atoms with E-state index in [1.165, 1.54) is 11.1 Å². The fourth-order valence-electron chi connectivity index (χ4n) is 2.92. The van der Waals surface area contributed by atoms with Gasteiger partial charge in [0.15, 0.2) is 0 Å². The van der Waals surface area contributed by atoms with Gasteiger partial charge in [0.1, 0.15) is 11.5 Å². The molecular formula is C24H26Cl2FeN2O. The van der Waals surface area contributed by atoms with Crippen molar-refractivity contribution < 1.29 is 17.6 Å². The SMILES string of the molecule is CCc1cccc(N=C(C)c2ccc(C(C)=Nc3cccc(CC)c3)o2)c1.[Cl][Fe][Cl]. The number of nitrogens with zero attached hydrogens (tertiary/aromatic N) is 2. The molecular weight excluding hydrogens is 459 g/mol. The van der Waals surface area contributed by atoms with Crippen LogP contribution in [0.3, 0.4) is 0 Å². The normalized spacial score (nSPS) is 11.9. The molecule has 0 aliphatic heterocycles. The molecule has 0 radical (unpaired) electrons. The van der Waals surface area contributed by atoms with E-state index in [0.717, 1.165) is 47.2 Å². The van der Waals surface area contributed by atoms with Crippen LogP contribution in [0.4, 0.5) is 11.4 Å². The molecule has 6 heteroatoms. The van der Waals surface area contributed by atoms with Gasteiger partial charge in [-0.2, -0.15) is 0 Å². The number of rotatable bonds is 6. The third kappa shape index (κ3) is 7.45. The van der Waals surface area contributed by atoms with Crippen LogP contribution in [0.15, 0.2) is 75.1 Å². The molecule has 30 heavy (non-hydrogen) atoms. The molecule has 3 aromatic rings. The Morgan fingerprint density at radius 2 is 1.17 bits per heavy atom. The number of benzene rings is 2. The Morgan fingerprint density at radius 1 is 0.767 bits per heavy atom. The Bertz CT molecular complexity index is 934. The van der Waals surface area contributed by atoms with Gasteiger partial charge in [-0.25, -0.2) is 9.98 Å². The third-order valence-electron chi connectivity index (χ3n) is 4.55. The molecule has 0 amide bonds. The summed E-state index contributed by atoms with van der Waals surface area (Å²) in [6, 6.07) is 20.5. The molecule has 0 fully saturated rings. The second-order valence-corrected chi connectivity index (χ2v) is 8.48. The van der Waals surface area contributed by atoms with Crippen LogP contribution < -0.4 is 0 Å². The summed E-state index contributed by atoms with van der Waals surface area (Å²) in [5.41, 5.74) is 6.17. The van der Waals surface area contributed by atoms with Gasteiger partial charge in [-0.3, -0.25) is 0 Å². The van der Waals surface area contributed by atoms with Crippen LogP contribution >= 0.6 is 20.2 Å². The average Bonchev–Trinajstić information content (AvgIpc) is 3.25. The molecule has 3 rings (SSSR count). The van der Waals surface area contributed by atoms with Gasteiger partial charge in [0.25, 0.3) is 0 Å². The van der Waals surface area contributed by atoms with E-state index in [-0.39, 0.29) is 13.1 Å². The van der Waals surface area contributed by atoms with Crippen LogP contribution in [0, 0.1) is 0 Å². The molecule has 0 saturated heterocycles. The quantitative estimate of drug-likeness (QED) is 0.257. The summed E-state index contributed by atoms with van der Waals surface area (Å²) in [4.78, 5) is 9.40. The van der Waals surface area contributed by atoms with Crippen molar-refractivity contribution in [2.45, 2.75) is 40.5 Å². The van der Waals surface area contributed by atoms with E-state index in [9.17, 15) is 0 Å². The second kappa shape index (κ2) is 12.8. The number of furan rings is 1. The van der Waals surface area contributed by atoms with E-state index in [2.05, 4.69) is 38.1 Å². The molecule has 1 aromatic heterocycles. The molecule has 0 saturated carbocycles. The maximum absolute atomic E-state index is 6.00. The molecule has 0 unspecified atom stereocenters. The molecule has 3 nitrogen and oxygen atoms in total. The number of aliphatic imine (C=N–C) groups is 2. The summed E-state index contributed by atoms with van der Waals surface area (Å²) in [6.07, 6.45) is 2.00. The van der Waals surface area contributed by atoms with Gasteiger partial charge in [-0.15, -0.1) is 0 Å². The van der Waals surface area contributed by atoms with Gasteiger partial charge >= 0.3 is 33.3 Å². The summed E-state index contributed by atoms with van der Waals surface area (Å²) in [6.45, 7) is 8.23. The van der Waals surface area contributed by atoms with Crippen LogP contribution in [0.5, 0.6) is 0 Å². The van der Waals surface area contributed by atoms with Gasteiger partial charge in [-0.1, -0.05) is 38.1 Å². The van der Waals surface area contributed by atoms with Crippen molar-refractivity contribution in [3.63, 3.8) is 0 Å². The van der Waals surface area contributed by atoms with E-state index < -0.39 is 0 Å². The maximum atomic E-state index is 6.00. The van der Waals surface area contributed by atoms with Crippen LogP contribution in [-0.2, 0) is 26.0 Å². The van der Waals surface area contributed by atoms with Crippen molar-refractivity contribution in [3.05, 3.63) is 83.3 Å². The molecule has 0 aliphatic carbocycles. The third-order valence-corrected chi connectivity index (χ3v) is 4.55. The Kier molecular flexibility index (Phi) is 10.4. The average molecular weight is 485 g/mol. The summed E-state index contributed by atoms with van der Waals surface area (Å²) in [5.74, 6) is 1.53. The Labute approximate surface area is 193 Å². The van der Waals surface area contributed by atoms with Gasteiger partial charge < -0.3 is 4.42 Å². The molecule has 0 aliphatic rings. The van der Waals surface area contributed by atoms with Gasteiger partial charge in [0.05, 0.1) is 22.8 Å². The summed E-state index contributed by atoms with van der Waals surface area (Å²) in [7, 11) is 9.53. The molecule has 1 heterocycles. The zero-order chi connectivity index (χ0) is 21.9. The zero-order valence-corrected chi connectivity index (χ0v) is 20.2. The van der Waals surface area contributed by atoms with E-state index in [1.54, 1.807) is 0 Å². The van der Waals surface area contributed by atoms with Crippen molar-refractivity contribution >= 4 is 43.0 Å². The van der Waals surface area contributed by atoms with Crippen molar-refractivity contribution in [3.8, 4) is 0 Å². The Hall–Kier alpha value is -1.84. The number of hydrogen-bond acceptors (Lipinski definition) is 3. The standard InChI is InChI=1S/C24H26N2O.2ClH.Fe/c1-5-19-9-7-11-21(15-19)25-17(3)23-13-14-24(27-23)18(4)26-22-12-8-10-20(6-2)16-22;;;/h7-16H,5-6H2,1-4H3;2*1H;/q;;;+2/p-2. The van der Waals surface area contributed by atoms with Crippen molar-refractivity contribution in [2.24, 2.45) is 9.98 Å². The predicted octanol–water partition coefficient (Wildman–Crippen LogP) is 8.06. The first kappa shape index (κ1) is 24.4. The van der Waals surface area contributed by atoms with Gasteiger partial charge in [-0.05, 0) is 74.2 Å². The minimum absolute atomic E-state index is 0.194. The van der Waals surface area contributed by atoms with Crippen molar-refractivity contribution in [1.29, 1.82) is 0 Å². The van der Waals surface area contributed by atoms with Crippen LogP contribution in [0.25, 0.3) is 0 Å². The van der Waals surface area contributed by atoms with E-state index >= 15 is 0 Å². The number of aryl methyl sites for hydroxylation is 2. The van der Waals surface area contributed by atoms with Crippen molar-refractivity contribution in [2.75, 3.05) is 0 Å². The summed E-state index contributed by atoms with van der Waals surface area (Å²) in [5, 5.41) is 0. The fraction of sp³-hybridized carbons (Fsp3) is 0.250. The van der Waals surface area contributed by atoms with Gasteiger partial charge in [0.2, 0.25) is 0 Å². The number of halogens is 2. The molecule has 0 bridgehead atoms. The predicted molar refractivity (Wildman–Crippen MR) is 126 cm³/mol. The van der Waals surface area contributed by atoms with Crippen molar-refractivity contribution in [1.82, 2.24) is 0 Å². The van der Waals surface area contributed by atoms with E-state index in [1.807, 2.05) is 50.2 Å². The molecule has 160 valence electrons. The topological polar surface area (TPSA) is 37.9 Å². The Morgan fingerprint density at radius 3 is 1.53 bits per heavy atom. The first-order valence-electron chi connectivity index (χ1n) is 9.74. The first-order chi connectivity index (χ1) is 14.5. The molecule has 0 spiro atoms. The van der Waals surface area contributed by atoms with E-state index in [0.29, 0.717) is 0 Å². The molecule has 0 atom stereocenters. The second-order valence-electron chi connectivity index (χ2n) is 6.66. The number of hydrogen-bond donors (Lipinski definition) is 0. The Balaban J connectivity index is 0.00000101. The van der Waals surface area contributed by atoms with Crippen LogP contribution in [0.2, 0.25) is 0 Å². The van der Waals surface area contributed by atoms with Gasteiger partial charge in [0, 0.05) is 0 Å². The molecule has 0 N–H and O–H groups in total. The van der Waals surface area contributed by atoms with E-state index in [4.69, 9.17) is 34.6 Å². The summed E-state index contributed by atoms with van der Waals surface area (Å²) >= 11 is 0.194. The minimum atomic E-state index is 0.194. The fourth-order valence-corrected chi connectivity index (χ4v) is 2.92. The van der Waals surface area contributed by atoms with Crippen LogP contribution in [-0.4, -0.2) is 11.4 Å². The zero-order valence-electron chi connectivity index (χ0n) is 17.6. The molecule has 2 aromatic carbocycles. The first-order valence-corrected chi connectivity index (χ1v) is 12.8.